The van der Waals surface area contributed by atoms with Crippen LogP contribution < -0.4 is 5.32 Å². The first-order chi connectivity index (χ1) is 10.1. The van der Waals surface area contributed by atoms with E-state index in [1.54, 1.807) is 0 Å². The Bertz CT molecular complexity index is 816. The van der Waals surface area contributed by atoms with Crippen molar-refractivity contribution in [3.8, 4) is 0 Å². The molecule has 0 saturated heterocycles. The molecule has 0 aliphatic carbocycles. The fourth-order valence-electron chi connectivity index (χ4n) is 2.42. The van der Waals surface area contributed by atoms with Crippen LogP contribution in [0.3, 0.4) is 0 Å². The summed E-state index contributed by atoms with van der Waals surface area (Å²) in [7, 11) is 0. The molecule has 2 heterocycles. The molecular formula is C16H16N4O. The summed E-state index contributed by atoms with van der Waals surface area (Å²) in [6.07, 6.45) is 0. The van der Waals surface area contributed by atoms with Gasteiger partial charge in [-0.25, -0.2) is 0 Å². The number of fused-ring (bicyclic) bond motifs is 1. The third kappa shape index (κ3) is 2.38. The Balaban J connectivity index is 2.02. The summed E-state index contributed by atoms with van der Waals surface area (Å²) in [5, 5.41) is 10.8. The molecule has 0 unspecified atom stereocenters. The number of aromatic amines is 1. The van der Waals surface area contributed by atoms with Gasteiger partial charge < -0.3 is 5.32 Å². The maximum atomic E-state index is 12.4. The first kappa shape index (κ1) is 13.3. The van der Waals surface area contributed by atoms with Gasteiger partial charge in [0.05, 0.1) is 22.5 Å². The van der Waals surface area contributed by atoms with Crippen molar-refractivity contribution < 1.29 is 4.79 Å². The number of nitrogens with one attached hydrogen (secondary N) is 2. The van der Waals surface area contributed by atoms with Gasteiger partial charge in [0.25, 0.3) is 5.91 Å². The Morgan fingerprint density at radius 2 is 1.95 bits per heavy atom. The van der Waals surface area contributed by atoms with E-state index in [1.165, 1.54) is 0 Å². The summed E-state index contributed by atoms with van der Waals surface area (Å²) < 4.78 is 0. The van der Waals surface area contributed by atoms with Crippen molar-refractivity contribution in [1.82, 2.24) is 15.2 Å². The third-order valence-electron chi connectivity index (χ3n) is 3.46. The zero-order chi connectivity index (χ0) is 15.0. The number of hydrogen-bond donors (Lipinski definition) is 2. The monoisotopic (exact) mass is 280 g/mol. The molecule has 0 atom stereocenters. The molecule has 0 spiro atoms. The van der Waals surface area contributed by atoms with E-state index in [0.717, 1.165) is 22.3 Å². The molecule has 3 rings (SSSR count). The number of rotatable bonds is 2. The first-order valence-electron chi connectivity index (χ1n) is 6.75. The average Bonchev–Trinajstić information content (AvgIpc) is 2.79. The maximum Gasteiger partial charge on any atom is 0.259 e. The highest BCUT2D eigenvalue weighted by Crippen LogP contribution is 2.23. The Labute approximate surface area is 122 Å². The fourth-order valence-corrected chi connectivity index (χ4v) is 2.42. The summed E-state index contributed by atoms with van der Waals surface area (Å²) in [6, 6.07) is 9.70. The van der Waals surface area contributed by atoms with Gasteiger partial charge in [-0.05, 0) is 32.9 Å². The van der Waals surface area contributed by atoms with Crippen LogP contribution in [0.1, 0.15) is 27.4 Å². The summed E-state index contributed by atoms with van der Waals surface area (Å²) >= 11 is 0. The van der Waals surface area contributed by atoms with Crippen LogP contribution in [0.5, 0.6) is 0 Å². The van der Waals surface area contributed by atoms with Crippen LogP contribution in [0.2, 0.25) is 0 Å². The van der Waals surface area contributed by atoms with Gasteiger partial charge in [0, 0.05) is 16.8 Å². The topological polar surface area (TPSA) is 70.7 Å². The fraction of sp³-hybridized carbons (Fsp3) is 0.188. The molecular weight excluding hydrogens is 264 g/mol. The maximum absolute atomic E-state index is 12.4. The molecule has 1 aromatic carbocycles. The number of hydrogen-bond acceptors (Lipinski definition) is 3. The van der Waals surface area contributed by atoms with Crippen LogP contribution in [0.4, 0.5) is 5.69 Å². The highest BCUT2D eigenvalue weighted by atomic mass is 16.1. The second-order valence-corrected chi connectivity index (χ2v) is 5.09. The number of benzene rings is 1. The van der Waals surface area contributed by atoms with E-state index in [1.807, 2.05) is 51.1 Å². The molecule has 0 aliphatic rings. The number of para-hydroxylation sites is 1. The number of aromatic nitrogens is 3. The number of carbonyl (C=O) groups is 1. The summed E-state index contributed by atoms with van der Waals surface area (Å²) in [4.78, 5) is 17.0. The molecule has 2 N–H and O–H groups in total. The van der Waals surface area contributed by atoms with Gasteiger partial charge in [-0.3, -0.25) is 14.9 Å². The molecule has 5 heteroatoms. The van der Waals surface area contributed by atoms with Gasteiger partial charge >= 0.3 is 0 Å². The minimum Gasteiger partial charge on any atom is -0.320 e. The molecule has 0 aliphatic heterocycles. The molecule has 0 bridgehead atoms. The molecule has 1 amide bonds. The minimum absolute atomic E-state index is 0.172. The zero-order valence-corrected chi connectivity index (χ0v) is 12.2. The van der Waals surface area contributed by atoms with Crippen LogP contribution in [0.15, 0.2) is 30.3 Å². The van der Waals surface area contributed by atoms with Crippen LogP contribution in [-0.2, 0) is 0 Å². The lowest BCUT2D eigenvalue weighted by Crippen LogP contribution is -2.14. The van der Waals surface area contributed by atoms with Crippen molar-refractivity contribution in [2.75, 3.05) is 5.32 Å². The number of nitrogens with zero attached hydrogens (tertiary/aromatic N) is 2. The second-order valence-electron chi connectivity index (χ2n) is 5.09. The van der Waals surface area contributed by atoms with Gasteiger partial charge in [0.2, 0.25) is 0 Å². The number of amides is 1. The SMILES string of the molecule is Cc1ccc2cccc(NC(=O)c3c(C)n[nH]c3C)c2n1. The quantitative estimate of drug-likeness (QED) is 0.757. The van der Waals surface area contributed by atoms with Gasteiger partial charge in [-0.15, -0.1) is 0 Å². The van der Waals surface area contributed by atoms with E-state index in [2.05, 4.69) is 20.5 Å². The summed E-state index contributed by atoms with van der Waals surface area (Å²) in [5.41, 5.74) is 4.45. The Kier molecular flexibility index (Phi) is 3.17. The Morgan fingerprint density at radius 3 is 2.67 bits per heavy atom. The van der Waals surface area contributed by atoms with E-state index in [-0.39, 0.29) is 5.91 Å². The van der Waals surface area contributed by atoms with E-state index in [4.69, 9.17) is 0 Å². The van der Waals surface area contributed by atoms with Crippen molar-refractivity contribution in [3.63, 3.8) is 0 Å². The molecule has 0 fully saturated rings. The number of aryl methyl sites for hydroxylation is 3. The second kappa shape index (κ2) is 5.01. The van der Waals surface area contributed by atoms with Gasteiger partial charge in [0.15, 0.2) is 0 Å². The molecule has 106 valence electrons. The lowest BCUT2D eigenvalue weighted by Gasteiger charge is -2.09. The molecule has 21 heavy (non-hydrogen) atoms. The predicted octanol–water partition coefficient (Wildman–Crippen LogP) is 3.14. The van der Waals surface area contributed by atoms with Crippen LogP contribution in [0, 0.1) is 20.8 Å². The van der Waals surface area contributed by atoms with Crippen LogP contribution in [-0.4, -0.2) is 21.1 Å². The molecule has 5 nitrogen and oxygen atoms in total. The van der Waals surface area contributed by atoms with Crippen molar-refractivity contribution in [1.29, 1.82) is 0 Å². The number of anilines is 1. The van der Waals surface area contributed by atoms with E-state index < -0.39 is 0 Å². The van der Waals surface area contributed by atoms with Crippen molar-refractivity contribution in [2.24, 2.45) is 0 Å². The number of pyridine rings is 1. The lowest BCUT2D eigenvalue weighted by molar-refractivity contribution is 0.102. The van der Waals surface area contributed by atoms with Gasteiger partial charge in [0.1, 0.15) is 0 Å². The minimum atomic E-state index is -0.172. The predicted molar refractivity (Wildman–Crippen MR) is 82.5 cm³/mol. The first-order valence-corrected chi connectivity index (χ1v) is 6.75. The molecule has 3 aromatic rings. The average molecular weight is 280 g/mol. The number of carbonyl (C=O) groups excluding carboxylic acids is 1. The van der Waals surface area contributed by atoms with Crippen molar-refractivity contribution in [2.45, 2.75) is 20.8 Å². The molecule has 0 saturated carbocycles. The summed E-state index contributed by atoms with van der Waals surface area (Å²) in [6.45, 7) is 5.58. The van der Waals surface area contributed by atoms with Gasteiger partial charge in [-0.2, -0.15) is 5.10 Å². The summed E-state index contributed by atoms with van der Waals surface area (Å²) in [5.74, 6) is -0.172. The Hall–Kier alpha value is -2.69. The zero-order valence-electron chi connectivity index (χ0n) is 12.2. The highest BCUT2D eigenvalue weighted by Gasteiger charge is 2.16. The van der Waals surface area contributed by atoms with E-state index in [0.29, 0.717) is 16.9 Å². The number of H-pyrrole nitrogens is 1. The van der Waals surface area contributed by atoms with E-state index >= 15 is 0 Å². The molecule has 2 aromatic heterocycles. The Morgan fingerprint density at radius 1 is 1.14 bits per heavy atom. The molecule has 0 radical (unpaired) electrons. The lowest BCUT2D eigenvalue weighted by atomic mass is 10.1. The van der Waals surface area contributed by atoms with E-state index in [9.17, 15) is 4.79 Å². The largest absolute Gasteiger partial charge is 0.320 e. The third-order valence-corrected chi connectivity index (χ3v) is 3.46. The standard InChI is InChI=1S/C16H16N4O/c1-9-7-8-12-5-4-6-13(15(12)17-9)18-16(21)14-10(2)19-20-11(14)3/h4-8H,1-3H3,(H,18,21)(H,19,20). The van der Waals surface area contributed by atoms with Crippen LogP contribution >= 0.6 is 0 Å². The smallest absolute Gasteiger partial charge is 0.259 e. The highest BCUT2D eigenvalue weighted by molar-refractivity contribution is 6.09. The normalized spacial score (nSPS) is 10.8. The van der Waals surface area contributed by atoms with Crippen LogP contribution in [0.25, 0.3) is 10.9 Å². The van der Waals surface area contributed by atoms with Gasteiger partial charge in [-0.1, -0.05) is 18.2 Å². The van der Waals surface area contributed by atoms with Crippen molar-refractivity contribution >= 4 is 22.5 Å². The van der Waals surface area contributed by atoms with Crippen molar-refractivity contribution in [3.05, 3.63) is 53.0 Å².